The van der Waals surface area contributed by atoms with Gasteiger partial charge >= 0.3 is 0 Å². The Bertz CT molecular complexity index is 841. The summed E-state index contributed by atoms with van der Waals surface area (Å²) >= 11 is 0. The van der Waals surface area contributed by atoms with Crippen molar-refractivity contribution >= 4 is 26.8 Å². The van der Waals surface area contributed by atoms with Crippen LogP contribution in [0.25, 0.3) is 11.0 Å². The monoisotopic (exact) mass is 335 g/mol. The predicted molar refractivity (Wildman–Crippen MR) is 89.2 cm³/mol. The molecule has 1 amide bonds. The lowest BCUT2D eigenvalue weighted by Crippen LogP contribution is -2.40. The minimum Gasteiger partial charge on any atom is -0.342 e. The third kappa shape index (κ3) is 3.10. The second-order valence-corrected chi connectivity index (χ2v) is 8.15. The van der Waals surface area contributed by atoms with Crippen molar-refractivity contribution in [1.82, 2.24) is 14.9 Å². The van der Waals surface area contributed by atoms with Gasteiger partial charge in [-0.15, -0.1) is 0 Å². The van der Waals surface area contributed by atoms with Crippen LogP contribution >= 0.6 is 0 Å². The Morgan fingerprint density at radius 2 is 2.17 bits per heavy atom. The molecule has 1 aliphatic rings. The number of H-pyrrole nitrogens is 1. The van der Waals surface area contributed by atoms with Crippen LogP contribution in [0.5, 0.6) is 0 Å². The van der Waals surface area contributed by atoms with Gasteiger partial charge in [-0.05, 0) is 31.5 Å². The normalized spacial score (nSPS) is 20.0. The van der Waals surface area contributed by atoms with E-state index < -0.39 is 9.84 Å². The molecule has 0 bridgehead atoms. The number of rotatable bonds is 4. The maximum absolute atomic E-state index is 12.8. The van der Waals surface area contributed by atoms with Gasteiger partial charge in [0.25, 0.3) is 5.91 Å². The van der Waals surface area contributed by atoms with Crippen molar-refractivity contribution in [3.63, 3.8) is 0 Å². The maximum atomic E-state index is 12.8. The summed E-state index contributed by atoms with van der Waals surface area (Å²) < 4.78 is 23.4. The van der Waals surface area contributed by atoms with E-state index in [1.165, 1.54) is 0 Å². The van der Waals surface area contributed by atoms with E-state index in [1.54, 1.807) is 17.0 Å². The minimum absolute atomic E-state index is 0.0683. The Kier molecular flexibility index (Phi) is 4.14. The smallest absolute Gasteiger partial charge is 0.254 e. The lowest BCUT2D eigenvalue weighted by atomic mass is 10.1. The summed E-state index contributed by atoms with van der Waals surface area (Å²) in [6.45, 7) is 4.40. The summed E-state index contributed by atoms with van der Waals surface area (Å²) in [7, 11) is -3.01. The van der Waals surface area contributed by atoms with Gasteiger partial charge in [-0.2, -0.15) is 0 Å². The molecule has 1 saturated heterocycles. The molecule has 1 fully saturated rings. The molecule has 1 aromatic carbocycles. The first-order valence-electron chi connectivity index (χ1n) is 7.93. The summed E-state index contributed by atoms with van der Waals surface area (Å²) in [5, 5.41) is 0. The summed E-state index contributed by atoms with van der Waals surface area (Å²) in [5.41, 5.74) is 2.24. The van der Waals surface area contributed by atoms with Gasteiger partial charge in [-0.25, -0.2) is 13.4 Å². The van der Waals surface area contributed by atoms with Crippen molar-refractivity contribution in [3.8, 4) is 0 Å². The highest BCUT2D eigenvalue weighted by atomic mass is 32.2. The van der Waals surface area contributed by atoms with Gasteiger partial charge in [-0.3, -0.25) is 4.79 Å². The van der Waals surface area contributed by atoms with E-state index in [1.807, 2.05) is 19.9 Å². The second kappa shape index (κ2) is 5.96. The number of hydrogen-bond donors (Lipinski definition) is 1. The number of carbonyl (C=O) groups is 1. The molecule has 6 nitrogen and oxygen atoms in total. The fourth-order valence-corrected chi connectivity index (χ4v) is 4.85. The summed E-state index contributed by atoms with van der Waals surface area (Å²) in [4.78, 5) is 22.1. The van der Waals surface area contributed by atoms with Gasteiger partial charge < -0.3 is 9.88 Å². The topological polar surface area (TPSA) is 83.1 Å². The van der Waals surface area contributed by atoms with Crippen LogP contribution in [-0.2, 0) is 16.3 Å². The molecule has 0 spiro atoms. The van der Waals surface area contributed by atoms with Crippen LogP contribution in [0.3, 0.4) is 0 Å². The van der Waals surface area contributed by atoms with E-state index in [0.717, 1.165) is 23.3 Å². The maximum Gasteiger partial charge on any atom is 0.254 e. The highest BCUT2D eigenvalue weighted by Gasteiger charge is 2.34. The van der Waals surface area contributed by atoms with Crippen LogP contribution in [-0.4, -0.2) is 53.3 Å². The van der Waals surface area contributed by atoms with Crippen molar-refractivity contribution in [2.75, 3.05) is 18.1 Å². The summed E-state index contributed by atoms with van der Waals surface area (Å²) in [5.74, 6) is 1.00. The molecule has 23 heavy (non-hydrogen) atoms. The molecule has 1 atom stereocenters. The second-order valence-electron chi connectivity index (χ2n) is 5.92. The number of aromatic amines is 1. The number of amides is 1. The molecule has 1 unspecified atom stereocenters. The zero-order valence-corrected chi connectivity index (χ0v) is 14.2. The van der Waals surface area contributed by atoms with Gasteiger partial charge in [0.2, 0.25) is 0 Å². The molecule has 124 valence electrons. The van der Waals surface area contributed by atoms with Crippen LogP contribution in [0, 0.1) is 0 Å². The van der Waals surface area contributed by atoms with Crippen molar-refractivity contribution in [2.45, 2.75) is 32.7 Å². The van der Waals surface area contributed by atoms with Gasteiger partial charge in [0.1, 0.15) is 5.82 Å². The number of nitrogens with one attached hydrogen (secondary N) is 1. The number of benzene rings is 1. The average Bonchev–Trinajstić information content (AvgIpc) is 3.09. The number of imidazole rings is 1. The van der Waals surface area contributed by atoms with Gasteiger partial charge in [0.05, 0.1) is 22.5 Å². The Hall–Kier alpha value is -1.89. The molecule has 1 aliphatic heterocycles. The Morgan fingerprint density at radius 1 is 1.39 bits per heavy atom. The van der Waals surface area contributed by atoms with Crippen molar-refractivity contribution in [1.29, 1.82) is 0 Å². The van der Waals surface area contributed by atoms with E-state index in [9.17, 15) is 13.2 Å². The van der Waals surface area contributed by atoms with E-state index in [0.29, 0.717) is 18.5 Å². The standard InChI is InChI=1S/C16H21N3O3S/c1-3-15-17-13-6-5-11(9-14(13)18-15)16(20)19(4-2)12-7-8-23(21,22)10-12/h5-6,9,12H,3-4,7-8,10H2,1-2H3,(H,17,18). The third-order valence-electron chi connectivity index (χ3n) is 4.36. The Balaban J connectivity index is 1.88. The number of hydrogen-bond acceptors (Lipinski definition) is 4. The zero-order valence-electron chi connectivity index (χ0n) is 13.4. The van der Waals surface area contributed by atoms with Crippen molar-refractivity contribution in [3.05, 3.63) is 29.6 Å². The Labute approximate surface area is 135 Å². The first kappa shape index (κ1) is 16.0. The molecular formula is C16H21N3O3S. The van der Waals surface area contributed by atoms with E-state index >= 15 is 0 Å². The molecule has 0 aliphatic carbocycles. The predicted octanol–water partition coefficient (Wildman–Crippen LogP) is 1.77. The van der Waals surface area contributed by atoms with E-state index in [-0.39, 0.29) is 23.5 Å². The summed E-state index contributed by atoms with van der Waals surface area (Å²) in [6.07, 6.45) is 1.33. The number of aryl methyl sites for hydroxylation is 1. The van der Waals surface area contributed by atoms with Crippen LogP contribution in [0.15, 0.2) is 18.2 Å². The molecule has 3 rings (SSSR count). The highest BCUT2D eigenvalue weighted by Crippen LogP contribution is 2.21. The quantitative estimate of drug-likeness (QED) is 0.923. The zero-order chi connectivity index (χ0) is 16.6. The van der Waals surface area contributed by atoms with Gasteiger partial charge in [0.15, 0.2) is 9.84 Å². The van der Waals surface area contributed by atoms with E-state index in [4.69, 9.17) is 0 Å². The van der Waals surface area contributed by atoms with Crippen LogP contribution in [0.4, 0.5) is 0 Å². The fraction of sp³-hybridized carbons (Fsp3) is 0.500. The fourth-order valence-electron chi connectivity index (χ4n) is 3.12. The average molecular weight is 335 g/mol. The van der Waals surface area contributed by atoms with Crippen LogP contribution in [0.1, 0.15) is 36.5 Å². The van der Waals surface area contributed by atoms with Crippen molar-refractivity contribution < 1.29 is 13.2 Å². The van der Waals surface area contributed by atoms with E-state index in [2.05, 4.69) is 9.97 Å². The van der Waals surface area contributed by atoms with Gasteiger partial charge in [0, 0.05) is 24.6 Å². The number of nitrogens with zero attached hydrogens (tertiary/aromatic N) is 2. The number of aromatic nitrogens is 2. The lowest BCUT2D eigenvalue weighted by Gasteiger charge is -2.26. The lowest BCUT2D eigenvalue weighted by molar-refractivity contribution is 0.0708. The molecular weight excluding hydrogens is 314 g/mol. The summed E-state index contributed by atoms with van der Waals surface area (Å²) in [6, 6.07) is 5.17. The molecule has 0 saturated carbocycles. The first-order chi connectivity index (χ1) is 10.9. The van der Waals surface area contributed by atoms with Crippen LogP contribution in [0.2, 0.25) is 0 Å². The molecule has 2 aromatic rings. The molecule has 1 aromatic heterocycles. The highest BCUT2D eigenvalue weighted by molar-refractivity contribution is 7.91. The molecule has 1 N–H and O–H groups in total. The third-order valence-corrected chi connectivity index (χ3v) is 6.11. The van der Waals surface area contributed by atoms with Gasteiger partial charge in [-0.1, -0.05) is 6.92 Å². The first-order valence-corrected chi connectivity index (χ1v) is 9.75. The van der Waals surface area contributed by atoms with Crippen LogP contribution < -0.4 is 0 Å². The number of sulfone groups is 1. The minimum atomic E-state index is -3.01. The molecule has 0 radical (unpaired) electrons. The van der Waals surface area contributed by atoms with Crippen molar-refractivity contribution in [2.24, 2.45) is 0 Å². The largest absolute Gasteiger partial charge is 0.342 e. The number of fused-ring (bicyclic) bond motifs is 1. The molecule has 2 heterocycles. The molecule has 7 heteroatoms. The SMILES string of the molecule is CCc1nc2ccc(C(=O)N(CC)C3CCS(=O)(=O)C3)cc2[nH]1. The number of carbonyl (C=O) groups excluding carboxylic acids is 1. The Morgan fingerprint density at radius 3 is 2.78 bits per heavy atom.